The van der Waals surface area contributed by atoms with Gasteiger partial charge in [0.25, 0.3) is 0 Å². The second kappa shape index (κ2) is 4.36. The Balaban J connectivity index is 2.35. The first-order chi connectivity index (χ1) is 6.11. The van der Waals surface area contributed by atoms with Gasteiger partial charge in [0.05, 0.1) is 0 Å². The van der Waals surface area contributed by atoms with E-state index in [1.807, 2.05) is 0 Å². The maximum atomic E-state index is 11.4. The molecule has 1 aliphatic rings. The molecule has 74 valence electrons. The molecule has 0 radical (unpaired) electrons. The number of hydrogen-bond acceptors (Lipinski definition) is 3. The van der Waals surface area contributed by atoms with Crippen molar-refractivity contribution in [3.8, 4) is 0 Å². The second-order valence-electron chi connectivity index (χ2n) is 2.93. The molecule has 0 bridgehead atoms. The topological polar surface area (TPSA) is 75.4 Å². The van der Waals surface area contributed by atoms with Crippen molar-refractivity contribution in [1.29, 1.82) is 0 Å². The average molecular weight is 203 g/mol. The molecule has 0 saturated carbocycles. The van der Waals surface area contributed by atoms with Crippen LogP contribution in [0, 0.1) is 5.92 Å². The third kappa shape index (κ3) is 2.80. The van der Waals surface area contributed by atoms with Crippen molar-refractivity contribution in [3.63, 3.8) is 0 Å². The summed E-state index contributed by atoms with van der Waals surface area (Å²) < 4.78 is 0. The molecule has 0 aliphatic carbocycles. The summed E-state index contributed by atoms with van der Waals surface area (Å²) in [7, 11) is 1.43. The number of nitrogens with one attached hydrogen (secondary N) is 1. The van der Waals surface area contributed by atoms with Crippen LogP contribution in [0.25, 0.3) is 0 Å². The molecule has 0 spiro atoms. The summed E-state index contributed by atoms with van der Waals surface area (Å²) in [6.45, 7) is 0. The fraction of sp³-hybridized carbons (Fsp3) is 0.714. The van der Waals surface area contributed by atoms with Crippen molar-refractivity contribution in [2.24, 2.45) is 11.7 Å². The maximum absolute atomic E-state index is 11.4. The largest absolute Gasteiger partial charge is 0.350 e. The minimum absolute atomic E-state index is 0.0202. The molecule has 0 aromatic rings. The van der Waals surface area contributed by atoms with Crippen LogP contribution in [0.1, 0.15) is 6.42 Å². The minimum Gasteiger partial charge on any atom is -0.350 e. The molecule has 3 amide bonds. The first kappa shape index (κ1) is 10.2. The number of carbonyl (C=O) groups is 2. The normalized spacial score (nSPS) is 21.2. The molecule has 1 aliphatic heterocycles. The van der Waals surface area contributed by atoms with E-state index >= 15 is 0 Å². The van der Waals surface area contributed by atoms with E-state index in [2.05, 4.69) is 5.43 Å². The molecular weight excluding hydrogens is 190 g/mol. The van der Waals surface area contributed by atoms with Crippen LogP contribution in [0.5, 0.6) is 0 Å². The molecule has 1 saturated heterocycles. The SMILES string of the molecule is CN(NC(=O)C1CCSC1)C(N)=O. The molecule has 1 fully saturated rings. The first-order valence-electron chi connectivity index (χ1n) is 4.02. The van der Waals surface area contributed by atoms with Gasteiger partial charge in [0.1, 0.15) is 0 Å². The number of hydrogen-bond donors (Lipinski definition) is 2. The molecule has 1 unspecified atom stereocenters. The van der Waals surface area contributed by atoms with Crippen molar-refractivity contribution in [3.05, 3.63) is 0 Å². The fourth-order valence-corrected chi connectivity index (χ4v) is 2.27. The number of amides is 3. The van der Waals surface area contributed by atoms with Gasteiger partial charge in [0.15, 0.2) is 0 Å². The van der Waals surface area contributed by atoms with Crippen LogP contribution < -0.4 is 11.2 Å². The zero-order valence-electron chi connectivity index (χ0n) is 7.45. The summed E-state index contributed by atoms with van der Waals surface area (Å²) in [6.07, 6.45) is 0.878. The second-order valence-corrected chi connectivity index (χ2v) is 4.08. The smallest absolute Gasteiger partial charge is 0.333 e. The summed E-state index contributed by atoms with van der Waals surface area (Å²) in [5.41, 5.74) is 7.38. The zero-order valence-corrected chi connectivity index (χ0v) is 8.26. The predicted octanol–water partition coefficient (Wildman–Crippen LogP) is -0.219. The van der Waals surface area contributed by atoms with Gasteiger partial charge < -0.3 is 5.73 Å². The quantitative estimate of drug-likeness (QED) is 0.579. The lowest BCUT2D eigenvalue weighted by molar-refractivity contribution is -0.127. The maximum Gasteiger partial charge on any atom is 0.333 e. The highest BCUT2D eigenvalue weighted by Gasteiger charge is 2.24. The van der Waals surface area contributed by atoms with Gasteiger partial charge in [-0.15, -0.1) is 0 Å². The Morgan fingerprint density at radius 3 is 2.77 bits per heavy atom. The van der Waals surface area contributed by atoms with Gasteiger partial charge in [0, 0.05) is 18.7 Å². The van der Waals surface area contributed by atoms with Crippen LogP contribution in [0.15, 0.2) is 0 Å². The summed E-state index contributed by atoms with van der Waals surface area (Å²) in [5.74, 6) is 1.75. The highest BCUT2D eigenvalue weighted by Crippen LogP contribution is 2.23. The molecule has 1 atom stereocenters. The van der Waals surface area contributed by atoms with E-state index in [0.717, 1.165) is 22.9 Å². The molecule has 0 aromatic heterocycles. The summed E-state index contributed by atoms with van der Waals surface area (Å²) >= 11 is 1.75. The molecular formula is C7H13N3O2S. The number of primary amides is 1. The van der Waals surface area contributed by atoms with Crippen molar-refractivity contribution < 1.29 is 9.59 Å². The molecule has 0 aromatic carbocycles. The van der Waals surface area contributed by atoms with Gasteiger partial charge in [-0.3, -0.25) is 10.2 Å². The number of urea groups is 1. The van der Waals surface area contributed by atoms with Gasteiger partial charge in [-0.05, 0) is 12.2 Å². The lowest BCUT2D eigenvalue weighted by atomic mass is 10.1. The van der Waals surface area contributed by atoms with E-state index in [9.17, 15) is 9.59 Å². The van der Waals surface area contributed by atoms with E-state index in [1.165, 1.54) is 7.05 Å². The number of nitrogens with two attached hydrogens (primary N) is 1. The number of thioether (sulfide) groups is 1. The average Bonchev–Trinajstić information content (AvgIpc) is 2.55. The van der Waals surface area contributed by atoms with Crippen molar-refractivity contribution in [2.75, 3.05) is 18.6 Å². The van der Waals surface area contributed by atoms with Crippen LogP contribution in [-0.4, -0.2) is 35.5 Å². The monoisotopic (exact) mass is 203 g/mol. The number of carbonyl (C=O) groups excluding carboxylic acids is 2. The number of rotatable bonds is 1. The summed E-state index contributed by atoms with van der Waals surface area (Å²) in [5, 5.41) is 1.01. The minimum atomic E-state index is -0.654. The number of hydrazine groups is 1. The van der Waals surface area contributed by atoms with E-state index in [1.54, 1.807) is 11.8 Å². The first-order valence-corrected chi connectivity index (χ1v) is 5.18. The summed E-state index contributed by atoms with van der Waals surface area (Å²) in [6, 6.07) is -0.654. The van der Waals surface area contributed by atoms with Crippen molar-refractivity contribution in [1.82, 2.24) is 10.4 Å². The molecule has 3 N–H and O–H groups in total. The predicted molar refractivity (Wildman–Crippen MR) is 50.9 cm³/mol. The molecule has 13 heavy (non-hydrogen) atoms. The Morgan fingerprint density at radius 1 is 1.62 bits per heavy atom. The Bertz CT molecular complexity index is 216. The number of nitrogens with zero attached hydrogens (tertiary/aromatic N) is 1. The molecule has 6 heteroatoms. The Hall–Kier alpha value is -0.910. The lowest BCUT2D eigenvalue weighted by Crippen LogP contribution is -2.48. The third-order valence-electron chi connectivity index (χ3n) is 1.91. The van der Waals surface area contributed by atoms with Gasteiger partial charge >= 0.3 is 6.03 Å². The Labute approximate surface area is 81.0 Å². The van der Waals surface area contributed by atoms with E-state index in [-0.39, 0.29) is 11.8 Å². The standard InChI is InChI=1S/C7H13N3O2S/c1-10(7(8)12)9-6(11)5-2-3-13-4-5/h5H,2-4H2,1H3,(H2,8,12)(H,9,11). The highest BCUT2D eigenvalue weighted by molar-refractivity contribution is 7.99. The van der Waals surface area contributed by atoms with Crippen molar-refractivity contribution >= 4 is 23.7 Å². The van der Waals surface area contributed by atoms with Crippen LogP contribution in [0.2, 0.25) is 0 Å². The molecule has 5 nitrogen and oxygen atoms in total. The third-order valence-corrected chi connectivity index (χ3v) is 3.07. The van der Waals surface area contributed by atoms with Crippen molar-refractivity contribution in [2.45, 2.75) is 6.42 Å². The van der Waals surface area contributed by atoms with Gasteiger partial charge in [-0.2, -0.15) is 11.8 Å². The highest BCUT2D eigenvalue weighted by atomic mass is 32.2. The zero-order chi connectivity index (χ0) is 9.84. The Morgan fingerprint density at radius 2 is 2.31 bits per heavy atom. The van der Waals surface area contributed by atoms with Crippen LogP contribution in [-0.2, 0) is 4.79 Å². The van der Waals surface area contributed by atoms with E-state index < -0.39 is 6.03 Å². The Kier molecular flexibility index (Phi) is 3.41. The van der Waals surface area contributed by atoms with Gasteiger partial charge in [-0.25, -0.2) is 9.80 Å². The lowest BCUT2D eigenvalue weighted by Gasteiger charge is -2.17. The van der Waals surface area contributed by atoms with Crippen LogP contribution in [0.3, 0.4) is 0 Å². The fourth-order valence-electron chi connectivity index (χ4n) is 1.05. The van der Waals surface area contributed by atoms with Crippen LogP contribution >= 0.6 is 11.8 Å². The summed E-state index contributed by atoms with van der Waals surface area (Å²) in [4.78, 5) is 22.0. The van der Waals surface area contributed by atoms with E-state index in [4.69, 9.17) is 5.73 Å². The molecule has 1 rings (SSSR count). The van der Waals surface area contributed by atoms with Gasteiger partial charge in [0.2, 0.25) is 5.91 Å². The van der Waals surface area contributed by atoms with Crippen LogP contribution in [0.4, 0.5) is 4.79 Å². The van der Waals surface area contributed by atoms with E-state index in [0.29, 0.717) is 0 Å². The molecule has 1 heterocycles. The van der Waals surface area contributed by atoms with Gasteiger partial charge in [-0.1, -0.05) is 0 Å².